The molecule has 3 aromatic rings. The van der Waals surface area contributed by atoms with Gasteiger partial charge in [-0.05, 0) is 53.8 Å². The molecule has 0 atom stereocenters. The number of nitrogens with zero attached hydrogens (tertiary/aromatic N) is 4. The molecule has 1 aliphatic rings. The number of nitrogens with two attached hydrogens (primary N) is 1. The van der Waals surface area contributed by atoms with Gasteiger partial charge in [0.1, 0.15) is 5.82 Å². The quantitative estimate of drug-likeness (QED) is 0.335. The Bertz CT molecular complexity index is 1230. The Morgan fingerprint density at radius 3 is 2.73 bits per heavy atom. The van der Waals surface area contributed by atoms with Crippen LogP contribution in [0.3, 0.4) is 0 Å². The van der Waals surface area contributed by atoms with Gasteiger partial charge in [-0.3, -0.25) is 0 Å². The van der Waals surface area contributed by atoms with E-state index in [1.165, 1.54) is 7.05 Å². The van der Waals surface area contributed by atoms with Crippen LogP contribution in [0.2, 0.25) is 0 Å². The zero-order valence-corrected chi connectivity index (χ0v) is 18.8. The molecule has 0 saturated heterocycles. The minimum atomic E-state index is -3.37. The van der Waals surface area contributed by atoms with Crippen LogP contribution < -0.4 is 19.9 Å². The van der Waals surface area contributed by atoms with Crippen LogP contribution in [-0.4, -0.2) is 47.5 Å². The molecule has 1 aromatic carbocycles. The summed E-state index contributed by atoms with van der Waals surface area (Å²) in [5.74, 6) is 1.72. The van der Waals surface area contributed by atoms with Crippen LogP contribution in [-0.2, 0) is 23.0 Å². The van der Waals surface area contributed by atoms with Gasteiger partial charge in [-0.2, -0.15) is 14.4 Å². The molecule has 3 N–H and O–H groups in total. The monoisotopic (exact) mass is 548 g/mol. The molecule has 0 unspecified atom stereocenters. The Morgan fingerprint density at radius 1 is 1.27 bits per heavy atom. The van der Waals surface area contributed by atoms with E-state index in [0.29, 0.717) is 23.7 Å². The third-order valence-corrected chi connectivity index (χ3v) is 7.12. The Kier molecular flexibility index (Phi) is 5.67. The number of benzene rings is 1. The maximum atomic E-state index is 13.8. The second kappa shape index (κ2) is 8.11. The molecule has 0 bridgehead atoms. The summed E-state index contributed by atoms with van der Waals surface area (Å²) in [5.41, 5.74) is 7.27. The predicted octanol–water partition coefficient (Wildman–Crippen LogP) is 1.41. The molecule has 2 aromatic heterocycles. The van der Waals surface area contributed by atoms with Crippen molar-refractivity contribution in [3.63, 3.8) is 0 Å². The number of aromatic nitrogens is 4. The molecule has 3 heterocycles. The van der Waals surface area contributed by atoms with Gasteiger partial charge >= 0.3 is 6.08 Å². The van der Waals surface area contributed by atoms with Crippen LogP contribution in [0.4, 0.5) is 10.2 Å². The number of sulfonamides is 1. The normalized spacial score (nSPS) is 13.3. The Labute approximate surface area is 185 Å². The molecular weight excluding hydrogens is 530 g/mol. The van der Waals surface area contributed by atoms with Crippen molar-refractivity contribution >= 4 is 49.6 Å². The standard InChI is InChI=1S/C17H18FIN6O4S/c1-21-30(26,27)4-2-3-25-13(22-14-15(20)23-17(18)24-16(14)25)6-9-5-11-12(7-10(9)19)29-8-28-11/h5,7,21H,2-4,6,8H2,1H3,(H2,20,23,24). The first-order chi connectivity index (χ1) is 14.3. The molecule has 1 aliphatic heterocycles. The van der Waals surface area contributed by atoms with Crippen LogP contribution in [0.1, 0.15) is 17.8 Å². The van der Waals surface area contributed by atoms with Crippen molar-refractivity contribution in [1.82, 2.24) is 24.2 Å². The number of halogens is 2. The lowest BCUT2D eigenvalue weighted by molar-refractivity contribution is 0.174. The topological polar surface area (TPSA) is 134 Å². The molecule has 0 aliphatic carbocycles. The zero-order valence-electron chi connectivity index (χ0n) is 15.9. The van der Waals surface area contributed by atoms with Crippen LogP contribution >= 0.6 is 22.6 Å². The maximum Gasteiger partial charge on any atom is 0.312 e. The molecule has 0 fully saturated rings. The van der Waals surface area contributed by atoms with E-state index in [2.05, 4.69) is 42.3 Å². The van der Waals surface area contributed by atoms with Crippen LogP contribution in [0.15, 0.2) is 12.1 Å². The maximum absolute atomic E-state index is 13.8. The summed E-state index contributed by atoms with van der Waals surface area (Å²) in [7, 11) is -2.02. The molecule has 160 valence electrons. The smallest absolute Gasteiger partial charge is 0.312 e. The van der Waals surface area contributed by atoms with Crippen molar-refractivity contribution in [2.75, 3.05) is 25.3 Å². The van der Waals surface area contributed by atoms with Crippen molar-refractivity contribution in [2.24, 2.45) is 0 Å². The Balaban J connectivity index is 1.72. The van der Waals surface area contributed by atoms with Gasteiger partial charge in [-0.25, -0.2) is 18.1 Å². The van der Waals surface area contributed by atoms with Crippen molar-refractivity contribution in [3.8, 4) is 11.5 Å². The summed E-state index contributed by atoms with van der Waals surface area (Å²) < 4.78 is 53.1. The SMILES string of the molecule is CNS(=O)(=O)CCCn1c(Cc2cc3c(cc2I)OCO3)nc2c(N)nc(F)nc21. The fraction of sp³-hybridized carbons (Fsp3) is 0.353. The largest absolute Gasteiger partial charge is 0.454 e. The Hall–Kier alpha value is -2.26. The zero-order chi connectivity index (χ0) is 21.5. The molecule has 0 saturated carbocycles. The first-order valence-electron chi connectivity index (χ1n) is 8.95. The van der Waals surface area contributed by atoms with Crippen molar-refractivity contribution in [1.29, 1.82) is 0 Å². The number of hydrogen-bond acceptors (Lipinski definition) is 8. The summed E-state index contributed by atoms with van der Waals surface area (Å²) in [6.07, 6.45) is -0.301. The van der Waals surface area contributed by atoms with Crippen molar-refractivity contribution < 1.29 is 22.3 Å². The molecule has 4 rings (SSSR count). The predicted molar refractivity (Wildman–Crippen MR) is 115 cm³/mol. The van der Waals surface area contributed by atoms with Gasteiger partial charge in [-0.15, -0.1) is 0 Å². The van der Waals surface area contributed by atoms with E-state index in [1.54, 1.807) is 4.57 Å². The molecule has 10 nitrogen and oxygen atoms in total. The van der Waals surface area contributed by atoms with E-state index in [4.69, 9.17) is 15.2 Å². The van der Waals surface area contributed by atoms with Gasteiger partial charge in [0, 0.05) is 16.5 Å². The minimum absolute atomic E-state index is 0.0688. The van der Waals surface area contributed by atoms with Gasteiger partial charge in [0.15, 0.2) is 28.5 Å². The van der Waals surface area contributed by atoms with E-state index < -0.39 is 16.1 Å². The summed E-state index contributed by atoms with van der Waals surface area (Å²) in [4.78, 5) is 11.9. The third kappa shape index (κ3) is 4.13. The Morgan fingerprint density at radius 2 is 2.00 bits per heavy atom. The number of nitrogen functional groups attached to an aromatic ring is 1. The molecule has 13 heteroatoms. The number of nitrogens with one attached hydrogen (secondary N) is 1. The second-order valence-electron chi connectivity index (χ2n) is 6.58. The van der Waals surface area contributed by atoms with Gasteiger partial charge in [0.05, 0.1) is 5.75 Å². The van der Waals surface area contributed by atoms with E-state index >= 15 is 0 Å². The lowest BCUT2D eigenvalue weighted by Crippen LogP contribution is -2.23. The van der Waals surface area contributed by atoms with Gasteiger partial charge in [0.2, 0.25) is 16.8 Å². The van der Waals surface area contributed by atoms with Gasteiger partial charge in [0.25, 0.3) is 0 Å². The van der Waals surface area contributed by atoms with Crippen LogP contribution in [0, 0.1) is 9.65 Å². The molecule has 0 radical (unpaired) electrons. The third-order valence-electron chi connectivity index (χ3n) is 4.67. The average Bonchev–Trinajstić information content (AvgIpc) is 3.27. The first kappa shape index (κ1) is 21.0. The molecule has 0 spiro atoms. The average molecular weight is 548 g/mol. The number of rotatable bonds is 7. The number of aryl methyl sites for hydroxylation is 1. The fourth-order valence-corrected chi connectivity index (χ4v) is 4.53. The lowest BCUT2D eigenvalue weighted by Gasteiger charge is -2.11. The van der Waals surface area contributed by atoms with Crippen molar-refractivity contribution in [3.05, 3.63) is 33.2 Å². The summed E-state index contributed by atoms with van der Waals surface area (Å²) in [6.45, 7) is 0.433. The minimum Gasteiger partial charge on any atom is -0.454 e. The molecule has 30 heavy (non-hydrogen) atoms. The number of fused-ring (bicyclic) bond motifs is 2. The second-order valence-corrected chi connectivity index (χ2v) is 9.79. The van der Waals surface area contributed by atoms with E-state index in [-0.39, 0.29) is 42.5 Å². The van der Waals surface area contributed by atoms with Gasteiger partial charge in [-0.1, -0.05) is 0 Å². The molecular formula is C17H18FIN6O4S. The number of hydrogen-bond donors (Lipinski definition) is 2. The summed E-state index contributed by atoms with van der Waals surface area (Å²) >= 11 is 2.19. The number of ether oxygens (including phenoxy) is 2. The molecule has 0 amide bonds. The summed E-state index contributed by atoms with van der Waals surface area (Å²) in [6, 6.07) is 3.74. The lowest BCUT2D eigenvalue weighted by atomic mass is 10.1. The highest BCUT2D eigenvalue weighted by Gasteiger charge is 2.21. The fourth-order valence-electron chi connectivity index (χ4n) is 3.19. The highest BCUT2D eigenvalue weighted by atomic mass is 127. The van der Waals surface area contributed by atoms with Crippen LogP contribution in [0.25, 0.3) is 11.2 Å². The highest BCUT2D eigenvalue weighted by Crippen LogP contribution is 2.36. The first-order valence-corrected chi connectivity index (χ1v) is 11.7. The van der Waals surface area contributed by atoms with Crippen LogP contribution in [0.5, 0.6) is 11.5 Å². The highest BCUT2D eigenvalue weighted by molar-refractivity contribution is 14.1. The van der Waals surface area contributed by atoms with E-state index in [1.807, 2.05) is 12.1 Å². The van der Waals surface area contributed by atoms with E-state index in [0.717, 1.165) is 9.13 Å². The number of imidazole rings is 1. The van der Waals surface area contributed by atoms with E-state index in [9.17, 15) is 12.8 Å². The van der Waals surface area contributed by atoms with Crippen molar-refractivity contribution in [2.45, 2.75) is 19.4 Å². The van der Waals surface area contributed by atoms with Gasteiger partial charge < -0.3 is 19.8 Å². The summed E-state index contributed by atoms with van der Waals surface area (Å²) in [5, 5.41) is 0. The number of anilines is 1.